The normalized spacial score (nSPS) is 23.5. The van der Waals surface area contributed by atoms with Crippen LogP contribution >= 0.6 is 0 Å². The van der Waals surface area contributed by atoms with Crippen molar-refractivity contribution in [3.63, 3.8) is 0 Å². The highest BCUT2D eigenvalue weighted by Gasteiger charge is 2.33. The molecule has 2 rings (SSSR count). The van der Waals surface area contributed by atoms with Crippen LogP contribution in [0.3, 0.4) is 0 Å². The molecule has 0 saturated carbocycles. The molecule has 112 valence electrons. The summed E-state index contributed by atoms with van der Waals surface area (Å²) < 4.78 is 18.9. The van der Waals surface area contributed by atoms with E-state index in [-0.39, 0.29) is 30.5 Å². The zero-order chi connectivity index (χ0) is 14.5. The van der Waals surface area contributed by atoms with Crippen molar-refractivity contribution in [3.05, 3.63) is 35.6 Å². The second-order valence-corrected chi connectivity index (χ2v) is 5.22. The van der Waals surface area contributed by atoms with Gasteiger partial charge in [-0.25, -0.2) is 4.39 Å². The van der Waals surface area contributed by atoms with Crippen LogP contribution in [0.15, 0.2) is 24.3 Å². The molecule has 0 spiro atoms. The fourth-order valence-corrected chi connectivity index (χ4v) is 2.79. The smallest absolute Gasteiger partial charge is 0.123 e. The summed E-state index contributed by atoms with van der Waals surface area (Å²) in [5, 5.41) is 9.53. The predicted octanol–water partition coefficient (Wildman–Crippen LogP) is 1.30. The van der Waals surface area contributed by atoms with Gasteiger partial charge in [-0.2, -0.15) is 0 Å². The molecule has 1 aromatic carbocycles. The minimum absolute atomic E-state index is 0.0161. The van der Waals surface area contributed by atoms with E-state index in [0.717, 1.165) is 12.0 Å². The van der Waals surface area contributed by atoms with E-state index in [4.69, 9.17) is 10.5 Å². The Balaban J connectivity index is 2.31. The first kappa shape index (κ1) is 15.4. The molecule has 0 aromatic heterocycles. The highest BCUT2D eigenvalue weighted by Crippen LogP contribution is 2.28. The number of morpholine rings is 1. The molecule has 0 amide bonds. The van der Waals surface area contributed by atoms with Crippen molar-refractivity contribution in [2.75, 3.05) is 26.4 Å². The minimum Gasteiger partial charge on any atom is -0.395 e. The Morgan fingerprint density at radius 1 is 1.55 bits per heavy atom. The predicted molar refractivity (Wildman–Crippen MR) is 75.8 cm³/mol. The molecule has 20 heavy (non-hydrogen) atoms. The number of halogens is 1. The quantitative estimate of drug-likeness (QED) is 0.854. The first-order valence-corrected chi connectivity index (χ1v) is 7.12. The lowest BCUT2D eigenvalue weighted by Crippen LogP contribution is -2.53. The van der Waals surface area contributed by atoms with Gasteiger partial charge in [-0.1, -0.05) is 19.1 Å². The first-order chi connectivity index (χ1) is 9.67. The maximum absolute atomic E-state index is 13.5. The van der Waals surface area contributed by atoms with Crippen LogP contribution in [0.25, 0.3) is 0 Å². The van der Waals surface area contributed by atoms with Gasteiger partial charge in [0.1, 0.15) is 5.82 Å². The fourth-order valence-electron chi connectivity index (χ4n) is 2.79. The third-order valence-corrected chi connectivity index (χ3v) is 3.91. The zero-order valence-corrected chi connectivity index (χ0v) is 11.8. The van der Waals surface area contributed by atoms with Crippen LogP contribution in [-0.4, -0.2) is 48.5 Å². The molecule has 1 saturated heterocycles. The Morgan fingerprint density at radius 3 is 3.00 bits per heavy atom. The van der Waals surface area contributed by atoms with E-state index in [9.17, 15) is 9.50 Å². The number of hydrogen-bond acceptors (Lipinski definition) is 4. The zero-order valence-electron chi connectivity index (χ0n) is 11.8. The SMILES string of the molecule is CCC(N)C(c1cccc(F)c1)N1CCOCC1CO. The average molecular weight is 282 g/mol. The van der Waals surface area contributed by atoms with E-state index >= 15 is 0 Å². The van der Waals surface area contributed by atoms with Crippen molar-refractivity contribution in [2.45, 2.75) is 31.5 Å². The van der Waals surface area contributed by atoms with Gasteiger partial charge in [-0.3, -0.25) is 4.90 Å². The van der Waals surface area contributed by atoms with Gasteiger partial charge in [-0.05, 0) is 24.1 Å². The maximum atomic E-state index is 13.5. The van der Waals surface area contributed by atoms with Gasteiger partial charge in [0.2, 0.25) is 0 Å². The van der Waals surface area contributed by atoms with Gasteiger partial charge in [0.15, 0.2) is 0 Å². The van der Waals surface area contributed by atoms with E-state index in [2.05, 4.69) is 4.90 Å². The molecule has 1 heterocycles. The number of benzene rings is 1. The first-order valence-electron chi connectivity index (χ1n) is 7.12. The number of nitrogens with two attached hydrogens (primary N) is 1. The highest BCUT2D eigenvalue weighted by atomic mass is 19.1. The Bertz CT molecular complexity index is 430. The summed E-state index contributed by atoms with van der Waals surface area (Å²) in [7, 11) is 0. The Hall–Kier alpha value is -1.01. The molecule has 3 unspecified atom stereocenters. The average Bonchev–Trinajstić information content (AvgIpc) is 2.48. The molecule has 1 fully saturated rings. The largest absolute Gasteiger partial charge is 0.395 e. The molecule has 3 atom stereocenters. The van der Waals surface area contributed by atoms with Gasteiger partial charge in [-0.15, -0.1) is 0 Å². The molecular weight excluding hydrogens is 259 g/mol. The van der Waals surface area contributed by atoms with Crippen molar-refractivity contribution in [1.29, 1.82) is 0 Å². The van der Waals surface area contributed by atoms with Crippen molar-refractivity contribution in [1.82, 2.24) is 4.90 Å². The molecule has 5 heteroatoms. The van der Waals surface area contributed by atoms with E-state index in [0.29, 0.717) is 19.8 Å². The fraction of sp³-hybridized carbons (Fsp3) is 0.600. The van der Waals surface area contributed by atoms with Crippen molar-refractivity contribution < 1.29 is 14.2 Å². The van der Waals surface area contributed by atoms with E-state index in [1.807, 2.05) is 13.0 Å². The molecular formula is C15H23FN2O2. The molecule has 0 aliphatic carbocycles. The van der Waals surface area contributed by atoms with Crippen LogP contribution in [0.2, 0.25) is 0 Å². The van der Waals surface area contributed by atoms with E-state index in [1.54, 1.807) is 6.07 Å². The summed E-state index contributed by atoms with van der Waals surface area (Å²) in [5.41, 5.74) is 7.12. The Morgan fingerprint density at radius 2 is 2.35 bits per heavy atom. The summed E-state index contributed by atoms with van der Waals surface area (Å²) in [6.45, 7) is 3.82. The molecule has 1 aliphatic heterocycles. The third-order valence-electron chi connectivity index (χ3n) is 3.91. The lowest BCUT2D eigenvalue weighted by Gasteiger charge is -2.42. The highest BCUT2D eigenvalue weighted by molar-refractivity contribution is 5.22. The van der Waals surface area contributed by atoms with Crippen LogP contribution in [-0.2, 0) is 4.74 Å². The minimum atomic E-state index is -0.260. The van der Waals surface area contributed by atoms with Crippen LogP contribution in [0.5, 0.6) is 0 Å². The number of aliphatic hydroxyl groups excluding tert-OH is 1. The van der Waals surface area contributed by atoms with Crippen molar-refractivity contribution in [2.24, 2.45) is 5.73 Å². The van der Waals surface area contributed by atoms with Crippen molar-refractivity contribution >= 4 is 0 Å². The molecule has 1 aromatic rings. The van der Waals surface area contributed by atoms with Crippen LogP contribution in [0.4, 0.5) is 4.39 Å². The summed E-state index contributed by atoms with van der Waals surface area (Å²) in [6, 6.07) is 6.27. The molecule has 0 radical (unpaired) electrons. The number of nitrogens with zero attached hydrogens (tertiary/aromatic N) is 1. The summed E-state index contributed by atoms with van der Waals surface area (Å²) >= 11 is 0. The number of hydrogen-bond donors (Lipinski definition) is 2. The van der Waals surface area contributed by atoms with Crippen molar-refractivity contribution in [3.8, 4) is 0 Å². The number of rotatable bonds is 5. The molecule has 0 bridgehead atoms. The van der Waals surface area contributed by atoms with Crippen LogP contribution < -0.4 is 5.73 Å². The molecule has 4 nitrogen and oxygen atoms in total. The van der Waals surface area contributed by atoms with Crippen LogP contribution in [0.1, 0.15) is 24.9 Å². The van der Waals surface area contributed by atoms with Gasteiger partial charge in [0.25, 0.3) is 0 Å². The number of ether oxygens (including phenoxy) is 1. The van der Waals surface area contributed by atoms with E-state index in [1.165, 1.54) is 12.1 Å². The topological polar surface area (TPSA) is 58.7 Å². The van der Waals surface area contributed by atoms with Gasteiger partial charge >= 0.3 is 0 Å². The Labute approximate surface area is 119 Å². The summed E-state index contributed by atoms with van der Waals surface area (Å²) in [6.07, 6.45) is 0.788. The third kappa shape index (κ3) is 3.35. The standard InChI is InChI=1S/C15H23FN2O2/c1-2-14(17)15(11-4-3-5-12(16)8-11)18-6-7-20-10-13(18)9-19/h3-5,8,13-15,19H,2,6-7,9-10,17H2,1H3. The van der Waals surface area contributed by atoms with Gasteiger partial charge < -0.3 is 15.6 Å². The number of aliphatic hydroxyl groups is 1. The summed E-state index contributed by atoms with van der Waals surface area (Å²) in [4.78, 5) is 2.15. The lowest BCUT2D eigenvalue weighted by atomic mass is 9.94. The second kappa shape index (κ2) is 7.13. The lowest BCUT2D eigenvalue weighted by molar-refractivity contribution is -0.0528. The summed E-state index contributed by atoms with van der Waals surface area (Å²) in [5.74, 6) is -0.260. The molecule has 3 N–H and O–H groups in total. The Kier molecular flexibility index (Phi) is 5.48. The maximum Gasteiger partial charge on any atom is 0.123 e. The monoisotopic (exact) mass is 282 g/mol. The van der Waals surface area contributed by atoms with Crippen LogP contribution in [0, 0.1) is 5.82 Å². The van der Waals surface area contributed by atoms with Gasteiger partial charge in [0.05, 0.1) is 31.9 Å². The second-order valence-electron chi connectivity index (χ2n) is 5.22. The van der Waals surface area contributed by atoms with Gasteiger partial charge in [0, 0.05) is 12.6 Å². The van der Waals surface area contributed by atoms with E-state index < -0.39 is 0 Å². The molecule has 1 aliphatic rings.